The van der Waals surface area contributed by atoms with Crippen LogP contribution in [-0.2, 0) is 0 Å². The van der Waals surface area contributed by atoms with E-state index in [1.54, 1.807) is 17.5 Å². The Morgan fingerprint density at radius 2 is 2.37 bits per heavy atom. The van der Waals surface area contributed by atoms with Gasteiger partial charge in [0.15, 0.2) is 0 Å². The standard InChI is InChI=1S/C14H16N2OS2/c1-14(4-2-5-14)9-16-12(17)11-7-15-13(19-11)10-3-6-18-8-10/h3,6-8H,2,4-5,9H2,1H3,(H,16,17). The number of rotatable bonds is 4. The zero-order chi connectivity index (χ0) is 13.3. The van der Waals surface area contributed by atoms with Crippen LogP contribution in [0.1, 0.15) is 35.9 Å². The van der Waals surface area contributed by atoms with Crippen LogP contribution in [0.5, 0.6) is 0 Å². The van der Waals surface area contributed by atoms with E-state index in [2.05, 4.69) is 22.6 Å². The van der Waals surface area contributed by atoms with E-state index in [9.17, 15) is 4.79 Å². The molecule has 0 aromatic carbocycles. The van der Waals surface area contributed by atoms with E-state index in [-0.39, 0.29) is 5.91 Å². The van der Waals surface area contributed by atoms with E-state index in [0.29, 0.717) is 10.3 Å². The minimum Gasteiger partial charge on any atom is -0.351 e. The molecule has 1 amide bonds. The average Bonchev–Trinajstić information content (AvgIpc) is 3.02. The van der Waals surface area contributed by atoms with Gasteiger partial charge < -0.3 is 5.32 Å². The summed E-state index contributed by atoms with van der Waals surface area (Å²) in [5.74, 6) is 0.00658. The first-order chi connectivity index (χ1) is 9.16. The van der Waals surface area contributed by atoms with Crippen LogP contribution in [0.15, 0.2) is 23.0 Å². The number of nitrogens with one attached hydrogen (secondary N) is 1. The Hall–Kier alpha value is -1.20. The third-order valence-electron chi connectivity index (χ3n) is 3.73. The fourth-order valence-corrected chi connectivity index (χ4v) is 3.78. The summed E-state index contributed by atoms with van der Waals surface area (Å²) in [6.07, 6.45) is 5.40. The van der Waals surface area contributed by atoms with E-state index in [1.165, 1.54) is 30.6 Å². The molecular weight excluding hydrogens is 276 g/mol. The van der Waals surface area contributed by atoms with Gasteiger partial charge in [-0.1, -0.05) is 13.3 Å². The Balaban J connectivity index is 1.64. The molecule has 0 atom stereocenters. The first-order valence-corrected chi connectivity index (χ1v) is 8.19. The summed E-state index contributed by atoms with van der Waals surface area (Å²) in [7, 11) is 0. The van der Waals surface area contributed by atoms with Crippen molar-refractivity contribution in [2.24, 2.45) is 5.41 Å². The Kier molecular flexibility index (Phi) is 3.41. The lowest BCUT2D eigenvalue weighted by atomic mass is 9.70. The van der Waals surface area contributed by atoms with Crippen molar-refractivity contribution in [1.82, 2.24) is 10.3 Å². The summed E-state index contributed by atoms with van der Waals surface area (Å²) in [6.45, 7) is 3.01. The average molecular weight is 292 g/mol. The summed E-state index contributed by atoms with van der Waals surface area (Å²) in [4.78, 5) is 17.1. The molecule has 5 heteroatoms. The maximum atomic E-state index is 12.1. The smallest absolute Gasteiger partial charge is 0.263 e. The topological polar surface area (TPSA) is 42.0 Å². The molecular formula is C14H16N2OS2. The fraction of sp³-hybridized carbons (Fsp3) is 0.429. The largest absolute Gasteiger partial charge is 0.351 e. The molecule has 1 aliphatic rings. The molecule has 0 spiro atoms. The number of thiazole rings is 1. The lowest BCUT2D eigenvalue weighted by Gasteiger charge is -2.38. The highest BCUT2D eigenvalue weighted by atomic mass is 32.1. The molecule has 1 saturated carbocycles. The Morgan fingerprint density at radius 3 is 3.00 bits per heavy atom. The van der Waals surface area contributed by atoms with Gasteiger partial charge >= 0.3 is 0 Å². The van der Waals surface area contributed by atoms with Crippen molar-refractivity contribution in [3.8, 4) is 10.6 Å². The van der Waals surface area contributed by atoms with Gasteiger partial charge in [0, 0.05) is 17.5 Å². The lowest BCUT2D eigenvalue weighted by Crippen LogP contribution is -2.39. The van der Waals surface area contributed by atoms with Crippen molar-refractivity contribution in [1.29, 1.82) is 0 Å². The molecule has 0 radical (unpaired) electrons. The summed E-state index contributed by atoms with van der Waals surface area (Å²) < 4.78 is 0. The lowest BCUT2D eigenvalue weighted by molar-refractivity contribution is 0.0894. The fourth-order valence-electron chi connectivity index (χ4n) is 2.24. The van der Waals surface area contributed by atoms with Crippen molar-refractivity contribution >= 4 is 28.6 Å². The van der Waals surface area contributed by atoms with Gasteiger partial charge in [0.25, 0.3) is 5.91 Å². The summed E-state index contributed by atoms with van der Waals surface area (Å²) in [5.41, 5.74) is 1.41. The van der Waals surface area contributed by atoms with Gasteiger partial charge in [-0.05, 0) is 29.7 Å². The highest BCUT2D eigenvalue weighted by Gasteiger charge is 2.32. The maximum Gasteiger partial charge on any atom is 0.263 e. The number of amides is 1. The highest BCUT2D eigenvalue weighted by molar-refractivity contribution is 7.17. The van der Waals surface area contributed by atoms with Crippen molar-refractivity contribution in [2.75, 3.05) is 6.54 Å². The third-order valence-corrected chi connectivity index (χ3v) is 5.46. The number of aromatic nitrogens is 1. The molecule has 0 aliphatic heterocycles. The van der Waals surface area contributed by atoms with Crippen LogP contribution in [0.4, 0.5) is 0 Å². The molecule has 3 rings (SSSR count). The molecule has 2 aromatic heterocycles. The second-order valence-corrected chi connectivity index (χ2v) is 7.20. The van der Waals surface area contributed by atoms with Crippen molar-refractivity contribution in [3.05, 3.63) is 27.9 Å². The van der Waals surface area contributed by atoms with E-state index in [1.807, 2.05) is 11.4 Å². The molecule has 0 unspecified atom stereocenters. The van der Waals surface area contributed by atoms with Gasteiger partial charge in [-0.3, -0.25) is 4.79 Å². The molecule has 2 aromatic rings. The van der Waals surface area contributed by atoms with Gasteiger partial charge in [0.1, 0.15) is 9.88 Å². The van der Waals surface area contributed by atoms with Crippen LogP contribution in [0, 0.1) is 5.41 Å². The van der Waals surface area contributed by atoms with Gasteiger partial charge in [-0.2, -0.15) is 11.3 Å². The summed E-state index contributed by atoms with van der Waals surface area (Å²) >= 11 is 3.10. The van der Waals surface area contributed by atoms with Gasteiger partial charge in [0.05, 0.1) is 6.20 Å². The van der Waals surface area contributed by atoms with Gasteiger partial charge in [-0.15, -0.1) is 11.3 Å². The molecule has 1 N–H and O–H groups in total. The Bertz CT molecular complexity index is 570. The second-order valence-electron chi connectivity index (χ2n) is 5.39. The zero-order valence-electron chi connectivity index (χ0n) is 10.8. The van der Waals surface area contributed by atoms with Crippen LogP contribution in [0.25, 0.3) is 10.6 Å². The number of hydrogen-bond donors (Lipinski definition) is 1. The number of carbonyl (C=O) groups excluding carboxylic acids is 1. The van der Waals surface area contributed by atoms with E-state index in [0.717, 1.165) is 17.1 Å². The van der Waals surface area contributed by atoms with Crippen LogP contribution in [-0.4, -0.2) is 17.4 Å². The Morgan fingerprint density at radius 1 is 1.53 bits per heavy atom. The molecule has 100 valence electrons. The minimum atomic E-state index is 0.00658. The molecule has 0 saturated heterocycles. The molecule has 1 aliphatic carbocycles. The van der Waals surface area contributed by atoms with E-state index in [4.69, 9.17) is 0 Å². The molecule has 3 nitrogen and oxygen atoms in total. The van der Waals surface area contributed by atoms with Gasteiger partial charge in [0.2, 0.25) is 0 Å². The maximum absolute atomic E-state index is 12.1. The predicted octanol–water partition coefficient (Wildman–Crippen LogP) is 3.79. The van der Waals surface area contributed by atoms with Crippen LogP contribution < -0.4 is 5.32 Å². The second kappa shape index (κ2) is 5.06. The predicted molar refractivity (Wildman–Crippen MR) is 79.7 cm³/mol. The molecule has 19 heavy (non-hydrogen) atoms. The normalized spacial score (nSPS) is 16.9. The van der Waals surface area contributed by atoms with Crippen molar-refractivity contribution < 1.29 is 4.79 Å². The zero-order valence-corrected chi connectivity index (χ0v) is 12.4. The summed E-state index contributed by atoms with van der Waals surface area (Å²) in [5, 5.41) is 8.03. The van der Waals surface area contributed by atoms with E-state index < -0.39 is 0 Å². The molecule has 2 heterocycles. The first-order valence-electron chi connectivity index (χ1n) is 6.43. The van der Waals surface area contributed by atoms with Crippen molar-refractivity contribution in [2.45, 2.75) is 26.2 Å². The monoisotopic (exact) mass is 292 g/mol. The molecule has 0 bridgehead atoms. The van der Waals surface area contributed by atoms with E-state index >= 15 is 0 Å². The minimum absolute atomic E-state index is 0.00658. The van der Waals surface area contributed by atoms with Gasteiger partial charge in [-0.25, -0.2) is 4.98 Å². The number of thiophene rings is 1. The number of nitrogens with zero attached hydrogens (tertiary/aromatic N) is 1. The number of hydrogen-bond acceptors (Lipinski definition) is 4. The van der Waals surface area contributed by atoms with Crippen LogP contribution in [0.2, 0.25) is 0 Å². The van der Waals surface area contributed by atoms with Crippen molar-refractivity contribution in [3.63, 3.8) is 0 Å². The quantitative estimate of drug-likeness (QED) is 0.931. The SMILES string of the molecule is CC1(CNC(=O)c2cnc(-c3ccsc3)s2)CCC1. The van der Waals surface area contributed by atoms with Crippen LogP contribution >= 0.6 is 22.7 Å². The first kappa shape index (κ1) is 12.8. The third kappa shape index (κ3) is 2.72. The Labute approximate surface area is 120 Å². The summed E-state index contributed by atoms with van der Waals surface area (Å²) in [6, 6.07) is 2.03. The van der Waals surface area contributed by atoms with Crippen LogP contribution in [0.3, 0.4) is 0 Å². The number of carbonyl (C=O) groups is 1. The highest BCUT2D eigenvalue weighted by Crippen LogP contribution is 2.39. The molecule has 1 fully saturated rings.